The number of rotatable bonds is 3. The van der Waals surface area contributed by atoms with E-state index in [1.54, 1.807) is 24.8 Å². The number of fused-ring (bicyclic) bond motifs is 9. The Bertz CT molecular complexity index is 2570. The highest BCUT2D eigenvalue weighted by molar-refractivity contribution is 7.99. The van der Waals surface area contributed by atoms with Crippen LogP contribution in [-0.2, 0) is 0 Å². The highest BCUT2D eigenvalue weighted by Crippen LogP contribution is 2.51. The van der Waals surface area contributed by atoms with Crippen LogP contribution in [0.5, 0.6) is 0 Å². The van der Waals surface area contributed by atoms with Crippen LogP contribution in [-0.4, -0.2) is 34.1 Å². The lowest BCUT2D eigenvalue weighted by Crippen LogP contribution is -2.07. The van der Waals surface area contributed by atoms with Crippen molar-refractivity contribution in [2.45, 2.75) is 9.79 Å². The predicted octanol–water partition coefficient (Wildman–Crippen LogP) is 8.65. The summed E-state index contributed by atoms with van der Waals surface area (Å²) in [4.78, 5) is 26.0. The van der Waals surface area contributed by atoms with E-state index in [-0.39, 0.29) is 0 Å². The summed E-state index contributed by atoms with van der Waals surface area (Å²) in [5, 5.41) is 4.82. The number of hydrogen-bond acceptors (Lipinski definition) is 6. The first-order valence-corrected chi connectivity index (χ1v) is 15.5. The van der Waals surface area contributed by atoms with Crippen molar-refractivity contribution >= 4 is 55.4 Å². The highest BCUT2D eigenvalue weighted by atomic mass is 32.2. The normalized spacial score (nSPS) is 12.4. The van der Waals surface area contributed by atoms with E-state index in [4.69, 9.17) is 15.0 Å². The van der Waals surface area contributed by atoms with Crippen LogP contribution < -0.4 is 0 Å². The van der Waals surface area contributed by atoms with Crippen molar-refractivity contribution in [2.75, 3.05) is 0 Å². The fourth-order valence-corrected chi connectivity index (χ4v) is 7.80. The van der Waals surface area contributed by atoms with Gasteiger partial charge in [-0.15, -0.1) is 0 Å². The van der Waals surface area contributed by atoms with Crippen LogP contribution in [0.25, 0.3) is 78.0 Å². The summed E-state index contributed by atoms with van der Waals surface area (Å²) in [5.74, 6) is 1.73. The van der Waals surface area contributed by atoms with Gasteiger partial charge in [0.2, 0.25) is 5.95 Å². The summed E-state index contributed by atoms with van der Waals surface area (Å²) >= 11 is 1.82. The third-order valence-electron chi connectivity index (χ3n) is 8.56. The second kappa shape index (κ2) is 9.32. The van der Waals surface area contributed by atoms with Crippen LogP contribution in [0.2, 0.25) is 0 Å². The molecule has 0 spiro atoms. The first kappa shape index (κ1) is 24.6. The Labute approximate surface area is 260 Å². The van der Waals surface area contributed by atoms with Gasteiger partial charge in [-0.3, -0.25) is 14.5 Å². The molecule has 45 heavy (non-hydrogen) atoms. The molecule has 6 heterocycles. The number of para-hydroxylation sites is 3. The van der Waals surface area contributed by atoms with Crippen LogP contribution in [0.15, 0.2) is 138 Å². The van der Waals surface area contributed by atoms with Crippen LogP contribution in [0.3, 0.4) is 0 Å². The molecule has 0 bridgehead atoms. The molecule has 0 fully saturated rings. The van der Waals surface area contributed by atoms with Gasteiger partial charge in [0.05, 0.1) is 27.8 Å². The van der Waals surface area contributed by atoms with Crippen LogP contribution in [0.4, 0.5) is 0 Å². The van der Waals surface area contributed by atoms with E-state index in [1.165, 1.54) is 42.7 Å². The number of nitrogens with zero attached hydrogens (tertiary/aromatic N) is 7. The molecule has 210 valence electrons. The third kappa shape index (κ3) is 3.51. The lowest BCUT2D eigenvalue weighted by Gasteiger charge is -2.20. The smallest absolute Gasteiger partial charge is 0.238 e. The maximum Gasteiger partial charge on any atom is 0.238 e. The summed E-state index contributed by atoms with van der Waals surface area (Å²) in [6.07, 6.45) is 7.05. The quantitative estimate of drug-likeness (QED) is 0.204. The van der Waals surface area contributed by atoms with Gasteiger partial charge in [0.1, 0.15) is 0 Å². The van der Waals surface area contributed by atoms with Gasteiger partial charge in [-0.2, -0.15) is 9.97 Å². The Morgan fingerprint density at radius 1 is 0.489 bits per heavy atom. The Kier molecular flexibility index (Phi) is 5.09. The summed E-state index contributed by atoms with van der Waals surface area (Å²) < 4.78 is 4.63. The lowest BCUT2D eigenvalue weighted by atomic mass is 10.1. The van der Waals surface area contributed by atoms with Crippen molar-refractivity contribution in [1.29, 1.82) is 0 Å². The van der Waals surface area contributed by atoms with E-state index in [0.717, 1.165) is 27.5 Å². The average molecular weight is 596 g/mol. The summed E-state index contributed by atoms with van der Waals surface area (Å²) in [6.45, 7) is 0. The van der Waals surface area contributed by atoms with Crippen molar-refractivity contribution < 1.29 is 0 Å². The van der Waals surface area contributed by atoms with E-state index in [2.05, 4.69) is 98.0 Å². The molecule has 0 unspecified atom stereocenters. The molecular weight excluding hydrogens is 575 g/mol. The molecule has 1 aliphatic heterocycles. The molecule has 1 aliphatic rings. The van der Waals surface area contributed by atoms with Gasteiger partial charge >= 0.3 is 0 Å². The van der Waals surface area contributed by atoms with Crippen molar-refractivity contribution in [2.24, 2.45) is 0 Å². The highest BCUT2D eigenvalue weighted by Gasteiger charge is 2.28. The average Bonchev–Trinajstić information content (AvgIpc) is 3.63. The van der Waals surface area contributed by atoms with Crippen LogP contribution in [0.1, 0.15) is 0 Å². The number of hydrogen-bond donors (Lipinski definition) is 0. The molecular formula is C37H21N7S. The fourth-order valence-electron chi connectivity index (χ4n) is 6.69. The van der Waals surface area contributed by atoms with Crippen molar-refractivity contribution in [1.82, 2.24) is 34.1 Å². The molecule has 9 aromatic rings. The Morgan fingerprint density at radius 2 is 1.07 bits per heavy atom. The van der Waals surface area contributed by atoms with Gasteiger partial charge in [-0.1, -0.05) is 60.3 Å². The van der Waals surface area contributed by atoms with Gasteiger partial charge in [0, 0.05) is 67.3 Å². The topological polar surface area (TPSA) is 74.3 Å². The van der Waals surface area contributed by atoms with Crippen LogP contribution in [0, 0.1) is 0 Å². The maximum absolute atomic E-state index is 5.11. The van der Waals surface area contributed by atoms with E-state index in [9.17, 15) is 0 Å². The number of aromatic nitrogens is 7. The first-order chi connectivity index (χ1) is 22.3. The van der Waals surface area contributed by atoms with E-state index in [0.29, 0.717) is 17.6 Å². The van der Waals surface area contributed by atoms with Crippen molar-refractivity contribution in [3.05, 3.63) is 128 Å². The van der Waals surface area contributed by atoms with Crippen molar-refractivity contribution in [3.63, 3.8) is 0 Å². The van der Waals surface area contributed by atoms with E-state index < -0.39 is 0 Å². The van der Waals surface area contributed by atoms with Gasteiger partial charge in [0.15, 0.2) is 11.6 Å². The second-order valence-electron chi connectivity index (χ2n) is 11.0. The Morgan fingerprint density at radius 3 is 1.76 bits per heavy atom. The molecule has 5 aromatic heterocycles. The standard InChI is InChI=1S/C37H21N7S/c1-4-10-27-24(7-1)32-29(21-31-34-33(32)25-8-2-3-9-26(25)43(34)28-11-5-6-12-30(28)45-31)44(27)37-41-35(22-13-17-38-18-14-22)40-36(42-37)23-15-19-39-20-16-23/h1-21H. The molecule has 0 N–H and O–H groups in total. The monoisotopic (exact) mass is 595 g/mol. The first-order valence-electron chi connectivity index (χ1n) is 14.7. The van der Waals surface area contributed by atoms with Crippen molar-refractivity contribution in [3.8, 4) is 34.4 Å². The third-order valence-corrected chi connectivity index (χ3v) is 9.66. The zero-order valence-corrected chi connectivity index (χ0v) is 24.5. The van der Waals surface area contributed by atoms with Gasteiger partial charge in [-0.05, 0) is 54.6 Å². The Hall–Kier alpha value is -5.86. The fraction of sp³-hybridized carbons (Fsp3) is 0. The zero-order valence-electron chi connectivity index (χ0n) is 23.7. The molecule has 0 atom stereocenters. The van der Waals surface area contributed by atoms with E-state index >= 15 is 0 Å². The molecule has 4 aromatic carbocycles. The minimum atomic E-state index is 0.561. The molecule has 0 amide bonds. The molecule has 10 rings (SSSR count). The molecule has 0 radical (unpaired) electrons. The summed E-state index contributed by atoms with van der Waals surface area (Å²) in [5.41, 5.74) is 7.49. The second-order valence-corrected chi connectivity index (χ2v) is 12.1. The lowest BCUT2D eigenvalue weighted by molar-refractivity contribution is 0.951. The largest absolute Gasteiger partial charge is 0.307 e. The predicted molar refractivity (Wildman–Crippen MR) is 179 cm³/mol. The Balaban J connectivity index is 1.37. The molecule has 0 aliphatic carbocycles. The number of pyridine rings is 2. The van der Waals surface area contributed by atoms with Gasteiger partial charge < -0.3 is 4.57 Å². The van der Waals surface area contributed by atoms with Crippen LogP contribution >= 0.6 is 11.8 Å². The molecule has 8 heteroatoms. The maximum atomic E-state index is 5.11. The molecule has 7 nitrogen and oxygen atoms in total. The minimum absolute atomic E-state index is 0.561. The van der Waals surface area contributed by atoms with E-state index in [1.807, 2.05) is 36.0 Å². The summed E-state index contributed by atoms with van der Waals surface area (Å²) in [7, 11) is 0. The number of benzene rings is 4. The molecule has 0 saturated heterocycles. The molecule has 0 saturated carbocycles. The SMILES string of the molecule is c1ccc2c(c1)Sc1cc3c(c4ccccc4n3-c3nc(-c4ccncc4)nc(-c4ccncc4)n3)c3c4ccccc4n-2c13. The van der Waals surface area contributed by atoms with Gasteiger partial charge in [0.25, 0.3) is 0 Å². The minimum Gasteiger partial charge on any atom is -0.307 e. The zero-order chi connectivity index (χ0) is 29.5. The summed E-state index contributed by atoms with van der Waals surface area (Å²) in [6, 6.07) is 36.0. The van der Waals surface area contributed by atoms with Gasteiger partial charge in [-0.25, -0.2) is 4.98 Å².